The number of hydrogen-bond acceptors (Lipinski definition) is 6. The molecule has 0 radical (unpaired) electrons. The molecule has 4 rings (SSSR count). The number of carbonyl (C=O) groups excluding carboxylic acids is 2. The first kappa shape index (κ1) is 18.8. The van der Waals surface area contributed by atoms with E-state index < -0.39 is 0 Å². The van der Waals surface area contributed by atoms with Crippen LogP contribution in [0, 0.1) is 13.8 Å². The van der Waals surface area contributed by atoms with E-state index in [0.29, 0.717) is 38.3 Å². The van der Waals surface area contributed by atoms with Gasteiger partial charge in [0.25, 0.3) is 5.91 Å². The fourth-order valence-corrected chi connectivity index (χ4v) is 3.95. The number of benzene rings is 2. The molecule has 29 heavy (non-hydrogen) atoms. The van der Waals surface area contributed by atoms with E-state index >= 15 is 0 Å². The SMILES string of the molecule is Cc1noc(C)c1C(=O)Nc1nc(-c2ccccc2)c(C(=O)c2ccccc2)s1. The van der Waals surface area contributed by atoms with Crippen LogP contribution in [0.4, 0.5) is 5.13 Å². The predicted molar refractivity (Wildman–Crippen MR) is 111 cm³/mol. The number of rotatable bonds is 5. The number of carbonyl (C=O) groups is 2. The molecule has 0 unspecified atom stereocenters. The van der Waals surface area contributed by atoms with Gasteiger partial charge in [-0.05, 0) is 13.8 Å². The highest BCUT2D eigenvalue weighted by Crippen LogP contribution is 2.33. The Balaban J connectivity index is 1.74. The zero-order chi connectivity index (χ0) is 20.4. The van der Waals surface area contributed by atoms with Crippen LogP contribution in [0.1, 0.15) is 37.0 Å². The van der Waals surface area contributed by atoms with E-state index in [1.807, 2.05) is 48.5 Å². The number of thiazole rings is 1. The molecule has 0 atom stereocenters. The van der Waals surface area contributed by atoms with Gasteiger partial charge in [-0.3, -0.25) is 14.9 Å². The largest absolute Gasteiger partial charge is 0.361 e. The van der Waals surface area contributed by atoms with Gasteiger partial charge in [-0.1, -0.05) is 77.2 Å². The Labute approximate surface area is 171 Å². The Hall–Kier alpha value is -3.58. The summed E-state index contributed by atoms with van der Waals surface area (Å²) < 4.78 is 5.07. The van der Waals surface area contributed by atoms with Gasteiger partial charge in [-0.15, -0.1) is 0 Å². The van der Waals surface area contributed by atoms with Crippen LogP contribution in [0.5, 0.6) is 0 Å². The van der Waals surface area contributed by atoms with E-state index in [9.17, 15) is 9.59 Å². The molecule has 2 aromatic heterocycles. The van der Waals surface area contributed by atoms with Crippen molar-refractivity contribution in [1.82, 2.24) is 10.1 Å². The molecule has 1 N–H and O–H groups in total. The number of nitrogens with one attached hydrogen (secondary N) is 1. The molecule has 0 aliphatic heterocycles. The van der Waals surface area contributed by atoms with Gasteiger partial charge in [0.2, 0.25) is 5.78 Å². The van der Waals surface area contributed by atoms with E-state index in [2.05, 4.69) is 15.5 Å². The third kappa shape index (κ3) is 3.72. The van der Waals surface area contributed by atoms with E-state index in [1.165, 1.54) is 0 Å². The Morgan fingerprint density at radius 1 is 0.966 bits per heavy atom. The number of hydrogen-bond donors (Lipinski definition) is 1. The van der Waals surface area contributed by atoms with Crippen molar-refractivity contribution in [2.45, 2.75) is 13.8 Å². The summed E-state index contributed by atoms with van der Waals surface area (Å²) in [4.78, 5) is 30.8. The lowest BCUT2D eigenvalue weighted by Gasteiger charge is -2.02. The summed E-state index contributed by atoms with van der Waals surface area (Å²) in [6.45, 7) is 3.38. The molecule has 2 aromatic carbocycles. The number of amides is 1. The van der Waals surface area contributed by atoms with Crippen molar-refractivity contribution in [3.8, 4) is 11.3 Å². The fraction of sp³-hybridized carbons (Fsp3) is 0.0909. The van der Waals surface area contributed by atoms with Crippen LogP contribution < -0.4 is 5.32 Å². The van der Waals surface area contributed by atoms with Gasteiger partial charge >= 0.3 is 0 Å². The van der Waals surface area contributed by atoms with Crippen molar-refractivity contribution >= 4 is 28.2 Å². The Bertz CT molecular complexity index is 1160. The monoisotopic (exact) mass is 403 g/mol. The number of aromatic nitrogens is 2. The molecule has 7 heteroatoms. The lowest BCUT2D eigenvalue weighted by molar-refractivity contribution is 0.102. The van der Waals surface area contributed by atoms with Crippen LogP contribution in [0.2, 0.25) is 0 Å². The summed E-state index contributed by atoms with van der Waals surface area (Å²) in [6.07, 6.45) is 0. The lowest BCUT2D eigenvalue weighted by Crippen LogP contribution is -2.13. The van der Waals surface area contributed by atoms with Gasteiger partial charge in [0.05, 0.1) is 11.4 Å². The van der Waals surface area contributed by atoms with Crippen molar-refractivity contribution in [1.29, 1.82) is 0 Å². The second-order valence-electron chi connectivity index (χ2n) is 6.41. The summed E-state index contributed by atoms with van der Waals surface area (Å²) in [6, 6.07) is 18.4. The lowest BCUT2D eigenvalue weighted by atomic mass is 10.1. The molecule has 6 nitrogen and oxygen atoms in total. The molecule has 0 saturated heterocycles. The van der Waals surface area contributed by atoms with Gasteiger partial charge in [0.1, 0.15) is 16.2 Å². The first-order valence-corrected chi connectivity index (χ1v) is 9.76. The van der Waals surface area contributed by atoms with Crippen LogP contribution in [0.15, 0.2) is 65.2 Å². The second kappa shape index (κ2) is 7.81. The maximum atomic E-state index is 13.1. The number of ketones is 1. The average Bonchev–Trinajstić information content (AvgIpc) is 3.31. The van der Waals surface area contributed by atoms with Gasteiger partial charge < -0.3 is 4.52 Å². The summed E-state index contributed by atoms with van der Waals surface area (Å²) in [7, 11) is 0. The molecule has 0 spiro atoms. The van der Waals surface area contributed by atoms with Crippen LogP contribution in [0.3, 0.4) is 0 Å². The first-order chi connectivity index (χ1) is 14.0. The minimum atomic E-state index is -0.367. The minimum absolute atomic E-state index is 0.139. The first-order valence-electron chi connectivity index (χ1n) is 8.95. The van der Waals surface area contributed by atoms with Crippen LogP contribution in [-0.2, 0) is 0 Å². The standard InChI is InChI=1S/C22H17N3O3S/c1-13-17(14(2)28-25-13)21(27)24-22-23-18(15-9-5-3-6-10-15)20(29-22)19(26)16-11-7-4-8-12-16/h3-12H,1-2H3,(H,23,24,27). The summed E-state index contributed by atoms with van der Waals surface area (Å²) in [5, 5.41) is 6.93. The van der Waals surface area contributed by atoms with Crippen LogP contribution in [-0.4, -0.2) is 21.8 Å². The third-order valence-electron chi connectivity index (χ3n) is 4.40. The van der Waals surface area contributed by atoms with Crippen LogP contribution >= 0.6 is 11.3 Å². The zero-order valence-electron chi connectivity index (χ0n) is 15.8. The second-order valence-corrected chi connectivity index (χ2v) is 7.41. The highest BCUT2D eigenvalue weighted by atomic mass is 32.1. The van der Waals surface area contributed by atoms with Gasteiger partial charge in [-0.25, -0.2) is 4.98 Å². The summed E-state index contributed by atoms with van der Waals surface area (Å²) in [5.74, 6) is -0.0754. The minimum Gasteiger partial charge on any atom is -0.361 e. The smallest absolute Gasteiger partial charge is 0.262 e. The quantitative estimate of drug-likeness (QED) is 0.479. The van der Waals surface area contributed by atoms with Crippen molar-refractivity contribution in [3.05, 3.63) is 88.1 Å². The topological polar surface area (TPSA) is 85.1 Å². The van der Waals surface area contributed by atoms with E-state index in [1.54, 1.807) is 26.0 Å². The molecule has 2 heterocycles. The number of nitrogens with zero attached hydrogens (tertiary/aromatic N) is 2. The van der Waals surface area contributed by atoms with Crippen molar-refractivity contribution in [2.75, 3.05) is 5.32 Å². The number of anilines is 1. The Morgan fingerprint density at radius 3 is 2.24 bits per heavy atom. The third-order valence-corrected chi connectivity index (χ3v) is 5.37. The Morgan fingerprint density at radius 2 is 1.62 bits per heavy atom. The summed E-state index contributed by atoms with van der Waals surface area (Å²) >= 11 is 1.15. The highest BCUT2D eigenvalue weighted by molar-refractivity contribution is 7.18. The zero-order valence-corrected chi connectivity index (χ0v) is 16.6. The van der Waals surface area contributed by atoms with Crippen molar-refractivity contribution in [3.63, 3.8) is 0 Å². The van der Waals surface area contributed by atoms with Crippen molar-refractivity contribution in [2.24, 2.45) is 0 Å². The molecule has 144 valence electrons. The highest BCUT2D eigenvalue weighted by Gasteiger charge is 2.23. The molecular weight excluding hydrogens is 386 g/mol. The number of aryl methyl sites for hydroxylation is 2. The van der Waals surface area contributed by atoms with Crippen LogP contribution in [0.25, 0.3) is 11.3 Å². The molecule has 1 amide bonds. The molecule has 0 aliphatic rings. The maximum absolute atomic E-state index is 13.1. The van der Waals surface area contributed by atoms with E-state index in [0.717, 1.165) is 16.9 Å². The molecule has 0 saturated carbocycles. The maximum Gasteiger partial charge on any atom is 0.262 e. The summed E-state index contributed by atoms with van der Waals surface area (Å²) in [5.41, 5.74) is 2.79. The molecule has 0 fully saturated rings. The predicted octanol–water partition coefficient (Wildman–Crippen LogP) is 4.90. The molecular formula is C22H17N3O3S. The average molecular weight is 403 g/mol. The van der Waals surface area contributed by atoms with Crippen molar-refractivity contribution < 1.29 is 14.1 Å². The van der Waals surface area contributed by atoms with Gasteiger partial charge in [0.15, 0.2) is 5.13 Å². The van der Waals surface area contributed by atoms with Gasteiger partial charge in [0, 0.05) is 11.1 Å². The molecule has 0 bridgehead atoms. The molecule has 4 aromatic rings. The van der Waals surface area contributed by atoms with Gasteiger partial charge in [-0.2, -0.15) is 0 Å². The van der Waals surface area contributed by atoms with E-state index in [-0.39, 0.29) is 11.7 Å². The Kier molecular flexibility index (Phi) is 5.05. The molecule has 0 aliphatic carbocycles. The van der Waals surface area contributed by atoms with E-state index in [4.69, 9.17) is 4.52 Å². The normalized spacial score (nSPS) is 10.7. The fourth-order valence-electron chi connectivity index (χ4n) is 3.01.